The Kier molecular flexibility index (Phi) is 4.62. The lowest BCUT2D eigenvalue weighted by Gasteiger charge is -2.08. The molecule has 0 saturated carbocycles. The van der Waals surface area contributed by atoms with Gasteiger partial charge in [0.25, 0.3) is 0 Å². The van der Waals surface area contributed by atoms with Crippen molar-refractivity contribution in [1.29, 1.82) is 0 Å². The van der Waals surface area contributed by atoms with E-state index in [0.29, 0.717) is 12.4 Å². The van der Waals surface area contributed by atoms with Crippen molar-refractivity contribution in [3.8, 4) is 0 Å². The molecule has 0 aliphatic carbocycles. The SMILES string of the molecule is CC(CC(=O)O)CC(=O)NCc1nncn1C. The number of carbonyl (C=O) groups is 2. The minimum absolute atomic E-state index is 0.00260. The number of aryl methyl sites for hydroxylation is 1. The molecule has 7 heteroatoms. The van der Waals surface area contributed by atoms with Gasteiger partial charge in [-0.2, -0.15) is 0 Å². The molecule has 0 aliphatic rings. The third kappa shape index (κ3) is 4.62. The van der Waals surface area contributed by atoms with Crippen molar-refractivity contribution in [2.24, 2.45) is 13.0 Å². The van der Waals surface area contributed by atoms with Crippen molar-refractivity contribution in [2.45, 2.75) is 26.3 Å². The van der Waals surface area contributed by atoms with Gasteiger partial charge in [-0.3, -0.25) is 9.59 Å². The number of carboxylic acids is 1. The van der Waals surface area contributed by atoms with E-state index in [-0.39, 0.29) is 24.7 Å². The number of nitrogens with one attached hydrogen (secondary N) is 1. The number of hydrogen-bond acceptors (Lipinski definition) is 4. The Bertz CT molecular complexity index is 402. The Morgan fingerprint density at radius 1 is 1.53 bits per heavy atom. The molecular weight excluding hydrogens is 224 g/mol. The molecule has 1 atom stereocenters. The highest BCUT2D eigenvalue weighted by Gasteiger charge is 2.12. The first kappa shape index (κ1) is 13.1. The number of nitrogens with zero attached hydrogens (tertiary/aromatic N) is 3. The molecule has 1 aromatic heterocycles. The van der Waals surface area contributed by atoms with Crippen LogP contribution in [0.5, 0.6) is 0 Å². The number of amides is 1. The van der Waals surface area contributed by atoms with E-state index < -0.39 is 5.97 Å². The predicted molar refractivity (Wildman–Crippen MR) is 58.9 cm³/mol. The average molecular weight is 240 g/mol. The molecule has 1 rings (SSSR count). The molecule has 0 fully saturated rings. The minimum Gasteiger partial charge on any atom is -0.481 e. The fraction of sp³-hybridized carbons (Fsp3) is 0.600. The lowest BCUT2D eigenvalue weighted by molar-refractivity contribution is -0.138. The van der Waals surface area contributed by atoms with Gasteiger partial charge in [0.05, 0.1) is 6.54 Å². The Morgan fingerprint density at radius 3 is 2.76 bits per heavy atom. The second kappa shape index (κ2) is 5.97. The van der Waals surface area contributed by atoms with Gasteiger partial charge in [-0.25, -0.2) is 0 Å². The lowest BCUT2D eigenvalue weighted by atomic mass is 10.0. The highest BCUT2D eigenvalue weighted by Crippen LogP contribution is 2.06. The Labute approximate surface area is 98.8 Å². The normalized spacial score (nSPS) is 12.1. The van der Waals surface area contributed by atoms with E-state index in [1.165, 1.54) is 0 Å². The summed E-state index contributed by atoms with van der Waals surface area (Å²) in [4.78, 5) is 21.9. The lowest BCUT2D eigenvalue weighted by Crippen LogP contribution is -2.26. The first-order valence-corrected chi connectivity index (χ1v) is 5.30. The summed E-state index contributed by atoms with van der Waals surface area (Å²) in [5.74, 6) is -0.586. The van der Waals surface area contributed by atoms with Gasteiger partial charge in [0.2, 0.25) is 5.91 Å². The van der Waals surface area contributed by atoms with Crippen LogP contribution in [0.1, 0.15) is 25.6 Å². The van der Waals surface area contributed by atoms with Gasteiger partial charge in [0, 0.05) is 19.9 Å². The van der Waals surface area contributed by atoms with Gasteiger partial charge >= 0.3 is 5.97 Å². The van der Waals surface area contributed by atoms with Gasteiger partial charge in [-0.15, -0.1) is 10.2 Å². The van der Waals surface area contributed by atoms with Gasteiger partial charge < -0.3 is 15.0 Å². The molecule has 1 amide bonds. The van der Waals surface area contributed by atoms with Crippen molar-refractivity contribution < 1.29 is 14.7 Å². The molecule has 1 heterocycles. The van der Waals surface area contributed by atoms with Crippen molar-refractivity contribution in [1.82, 2.24) is 20.1 Å². The summed E-state index contributed by atoms with van der Waals surface area (Å²) in [5.41, 5.74) is 0. The first-order chi connectivity index (χ1) is 7.99. The summed E-state index contributed by atoms with van der Waals surface area (Å²) in [7, 11) is 1.79. The fourth-order valence-electron chi connectivity index (χ4n) is 1.40. The summed E-state index contributed by atoms with van der Waals surface area (Å²) in [6.45, 7) is 2.03. The molecule has 0 spiro atoms. The predicted octanol–water partition coefficient (Wildman–Crippen LogP) is -0.0678. The third-order valence-corrected chi connectivity index (χ3v) is 2.31. The van der Waals surface area contributed by atoms with Crippen LogP contribution < -0.4 is 5.32 Å². The maximum atomic E-state index is 11.5. The molecule has 0 radical (unpaired) electrons. The Balaban J connectivity index is 2.30. The molecule has 94 valence electrons. The summed E-state index contributed by atoms with van der Waals surface area (Å²) in [6.07, 6.45) is 1.75. The van der Waals surface area contributed by atoms with Crippen LogP contribution in [0.25, 0.3) is 0 Å². The summed E-state index contributed by atoms with van der Waals surface area (Å²) < 4.78 is 1.71. The van der Waals surface area contributed by atoms with Crippen LogP contribution in [0.4, 0.5) is 0 Å². The zero-order chi connectivity index (χ0) is 12.8. The standard InChI is InChI=1S/C10H16N4O3/c1-7(4-10(16)17)3-9(15)11-5-8-13-12-6-14(8)2/h6-7H,3-5H2,1-2H3,(H,11,15)(H,16,17). The molecule has 1 aromatic rings. The van der Waals surface area contributed by atoms with Crippen LogP contribution in [0.3, 0.4) is 0 Å². The topological polar surface area (TPSA) is 97.1 Å². The van der Waals surface area contributed by atoms with Gasteiger partial charge in [0.1, 0.15) is 6.33 Å². The van der Waals surface area contributed by atoms with E-state index in [2.05, 4.69) is 15.5 Å². The van der Waals surface area contributed by atoms with Crippen LogP contribution in [0, 0.1) is 5.92 Å². The van der Waals surface area contributed by atoms with Crippen LogP contribution in [0.2, 0.25) is 0 Å². The Hall–Kier alpha value is -1.92. The van der Waals surface area contributed by atoms with Crippen LogP contribution in [0.15, 0.2) is 6.33 Å². The Morgan fingerprint density at radius 2 is 2.24 bits per heavy atom. The van der Waals surface area contributed by atoms with Crippen molar-refractivity contribution in [3.63, 3.8) is 0 Å². The first-order valence-electron chi connectivity index (χ1n) is 5.30. The zero-order valence-electron chi connectivity index (χ0n) is 9.88. The van der Waals surface area contributed by atoms with Crippen LogP contribution in [-0.4, -0.2) is 31.7 Å². The van der Waals surface area contributed by atoms with Crippen molar-refractivity contribution >= 4 is 11.9 Å². The number of carbonyl (C=O) groups excluding carboxylic acids is 1. The number of hydrogen-bond donors (Lipinski definition) is 2. The van der Waals surface area contributed by atoms with Gasteiger partial charge in [0.15, 0.2) is 5.82 Å². The van der Waals surface area contributed by atoms with Crippen molar-refractivity contribution in [2.75, 3.05) is 0 Å². The van der Waals surface area contributed by atoms with E-state index in [4.69, 9.17) is 5.11 Å². The molecule has 0 aliphatic heterocycles. The smallest absolute Gasteiger partial charge is 0.303 e. The second-order valence-corrected chi connectivity index (χ2v) is 4.04. The minimum atomic E-state index is -0.890. The largest absolute Gasteiger partial charge is 0.481 e. The van der Waals surface area contributed by atoms with Crippen LogP contribution in [-0.2, 0) is 23.2 Å². The van der Waals surface area contributed by atoms with E-state index in [0.717, 1.165) is 0 Å². The monoisotopic (exact) mass is 240 g/mol. The highest BCUT2D eigenvalue weighted by molar-refractivity contribution is 5.77. The molecule has 0 bridgehead atoms. The number of carboxylic acid groups (broad SMARTS) is 1. The molecular formula is C10H16N4O3. The molecule has 7 nitrogen and oxygen atoms in total. The zero-order valence-corrected chi connectivity index (χ0v) is 9.88. The average Bonchev–Trinajstić information content (AvgIpc) is 2.59. The van der Waals surface area contributed by atoms with Gasteiger partial charge in [-0.05, 0) is 5.92 Å². The van der Waals surface area contributed by atoms with E-state index in [9.17, 15) is 9.59 Å². The fourth-order valence-corrected chi connectivity index (χ4v) is 1.40. The number of aliphatic carboxylic acids is 1. The molecule has 0 aromatic carbocycles. The maximum Gasteiger partial charge on any atom is 0.303 e. The van der Waals surface area contributed by atoms with Crippen molar-refractivity contribution in [3.05, 3.63) is 12.2 Å². The third-order valence-electron chi connectivity index (χ3n) is 2.31. The van der Waals surface area contributed by atoms with E-state index >= 15 is 0 Å². The second-order valence-electron chi connectivity index (χ2n) is 4.04. The van der Waals surface area contributed by atoms with Gasteiger partial charge in [-0.1, -0.05) is 6.92 Å². The molecule has 2 N–H and O–H groups in total. The summed E-state index contributed by atoms with van der Waals surface area (Å²) in [5, 5.41) is 18.7. The van der Waals surface area contributed by atoms with E-state index in [1.54, 1.807) is 24.9 Å². The molecule has 17 heavy (non-hydrogen) atoms. The summed E-state index contributed by atoms with van der Waals surface area (Å²) in [6, 6.07) is 0. The maximum absolute atomic E-state index is 11.5. The van der Waals surface area contributed by atoms with Crippen LogP contribution >= 0.6 is 0 Å². The quantitative estimate of drug-likeness (QED) is 0.725. The molecule has 0 saturated heterocycles. The van der Waals surface area contributed by atoms with E-state index in [1.807, 2.05) is 0 Å². The molecule has 1 unspecified atom stereocenters. The highest BCUT2D eigenvalue weighted by atomic mass is 16.4. The number of rotatable bonds is 6. The summed E-state index contributed by atoms with van der Waals surface area (Å²) >= 11 is 0. The number of aromatic nitrogens is 3.